The lowest BCUT2D eigenvalue weighted by Crippen LogP contribution is -2.38. The molecule has 1 amide bonds. The zero-order chi connectivity index (χ0) is 14.7. The fourth-order valence-electron chi connectivity index (χ4n) is 2.62. The van der Waals surface area contributed by atoms with E-state index in [0.29, 0.717) is 19.5 Å². The summed E-state index contributed by atoms with van der Waals surface area (Å²) in [7, 11) is 5.35. The smallest absolute Gasteiger partial charge is 0.237 e. The lowest BCUT2D eigenvalue weighted by atomic mass is 10.0. The molecule has 1 aliphatic rings. The van der Waals surface area contributed by atoms with Crippen LogP contribution in [0.1, 0.15) is 18.0 Å². The first-order valence-corrected chi connectivity index (χ1v) is 6.77. The third-order valence-corrected chi connectivity index (χ3v) is 3.53. The summed E-state index contributed by atoms with van der Waals surface area (Å²) in [5.41, 5.74) is 1.01. The van der Waals surface area contributed by atoms with E-state index in [9.17, 15) is 9.90 Å². The highest BCUT2D eigenvalue weighted by Gasteiger charge is 2.35. The molecule has 1 heterocycles. The van der Waals surface area contributed by atoms with Crippen molar-refractivity contribution < 1.29 is 14.6 Å². The summed E-state index contributed by atoms with van der Waals surface area (Å²) < 4.78 is 5.23. The van der Waals surface area contributed by atoms with E-state index in [1.165, 1.54) is 0 Å². The number of hydrogen-bond donors (Lipinski definition) is 1. The standard InChI is InChI=1S/C15H22N2O3/c1-16(2)10-15(19)17-9-12(18)8-14(17)11-5-4-6-13(7-11)20-3/h4-7,12,14,18H,8-10H2,1-3H3. The zero-order valence-corrected chi connectivity index (χ0v) is 12.2. The van der Waals surface area contributed by atoms with Gasteiger partial charge in [0, 0.05) is 6.54 Å². The van der Waals surface area contributed by atoms with Gasteiger partial charge in [0.1, 0.15) is 5.75 Å². The van der Waals surface area contributed by atoms with Gasteiger partial charge in [-0.2, -0.15) is 0 Å². The zero-order valence-electron chi connectivity index (χ0n) is 12.2. The fraction of sp³-hybridized carbons (Fsp3) is 0.533. The summed E-state index contributed by atoms with van der Waals surface area (Å²) in [6, 6.07) is 7.61. The van der Waals surface area contributed by atoms with Crippen LogP contribution in [0.4, 0.5) is 0 Å². The molecule has 2 rings (SSSR count). The van der Waals surface area contributed by atoms with Gasteiger partial charge in [-0.1, -0.05) is 12.1 Å². The maximum Gasteiger partial charge on any atom is 0.237 e. The van der Waals surface area contributed by atoms with Crippen LogP contribution in [0.5, 0.6) is 5.75 Å². The summed E-state index contributed by atoms with van der Waals surface area (Å²) in [6.45, 7) is 0.752. The second kappa shape index (κ2) is 6.24. The van der Waals surface area contributed by atoms with Crippen LogP contribution in [0.3, 0.4) is 0 Å². The Morgan fingerprint density at radius 1 is 1.50 bits per heavy atom. The maximum absolute atomic E-state index is 12.3. The molecule has 0 aliphatic carbocycles. The van der Waals surface area contributed by atoms with Gasteiger partial charge in [-0.25, -0.2) is 0 Å². The Morgan fingerprint density at radius 2 is 2.25 bits per heavy atom. The molecule has 0 saturated carbocycles. The summed E-state index contributed by atoms with van der Waals surface area (Å²) in [4.78, 5) is 15.9. The highest BCUT2D eigenvalue weighted by Crippen LogP contribution is 2.33. The molecule has 1 aromatic carbocycles. The molecule has 1 saturated heterocycles. The second-order valence-electron chi connectivity index (χ2n) is 5.47. The Labute approximate surface area is 119 Å². The number of hydrogen-bond acceptors (Lipinski definition) is 4. The molecule has 1 aliphatic heterocycles. The Morgan fingerprint density at radius 3 is 2.90 bits per heavy atom. The van der Waals surface area contributed by atoms with Gasteiger partial charge in [-0.05, 0) is 38.2 Å². The molecule has 1 fully saturated rings. The van der Waals surface area contributed by atoms with Gasteiger partial charge < -0.3 is 19.6 Å². The van der Waals surface area contributed by atoms with E-state index in [2.05, 4.69) is 0 Å². The quantitative estimate of drug-likeness (QED) is 0.889. The number of benzene rings is 1. The van der Waals surface area contributed by atoms with Crippen LogP contribution in [0.25, 0.3) is 0 Å². The van der Waals surface area contributed by atoms with Crippen LogP contribution < -0.4 is 4.74 Å². The normalized spacial score (nSPS) is 22.4. The Balaban J connectivity index is 2.21. The third-order valence-electron chi connectivity index (χ3n) is 3.53. The molecule has 1 N–H and O–H groups in total. The minimum atomic E-state index is -0.461. The number of β-amino-alcohol motifs (C(OH)–C–C–N with tert-alkyl or cyclic N) is 1. The van der Waals surface area contributed by atoms with Crippen molar-refractivity contribution in [2.45, 2.75) is 18.6 Å². The molecule has 2 unspecified atom stereocenters. The van der Waals surface area contributed by atoms with E-state index in [-0.39, 0.29) is 11.9 Å². The van der Waals surface area contributed by atoms with Crippen LogP contribution in [0, 0.1) is 0 Å². The van der Waals surface area contributed by atoms with Gasteiger partial charge in [-0.15, -0.1) is 0 Å². The van der Waals surface area contributed by atoms with Crippen molar-refractivity contribution in [3.8, 4) is 5.75 Å². The minimum Gasteiger partial charge on any atom is -0.497 e. The number of likely N-dealkylation sites (N-methyl/N-ethyl adjacent to an activating group) is 1. The van der Waals surface area contributed by atoms with Gasteiger partial charge in [-0.3, -0.25) is 4.79 Å². The largest absolute Gasteiger partial charge is 0.497 e. The van der Waals surface area contributed by atoms with Crippen molar-refractivity contribution in [3.63, 3.8) is 0 Å². The van der Waals surface area contributed by atoms with Crippen molar-refractivity contribution in [1.82, 2.24) is 9.80 Å². The number of nitrogens with zero attached hydrogens (tertiary/aromatic N) is 2. The monoisotopic (exact) mass is 278 g/mol. The number of carbonyl (C=O) groups excluding carboxylic acids is 1. The molecule has 0 bridgehead atoms. The number of ether oxygens (including phenoxy) is 1. The van der Waals surface area contributed by atoms with Crippen LogP contribution in [-0.4, -0.2) is 61.2 Å². The number of amides is 1. The predicted molar refractivity (Wildman–Crippen MR) is 76.6 cm³/mol. The van der Waals surface area contributed by atoms with E-state index in [1.54, 1.807) is 12.0 Å². The molecule has 0 radical (unpaired) electrons. The summed E-state index contributed by atoms with van der Waals surface area (Å²) >= 11 is 0. The molecule has 1 aromatic rings. The predicted octanol–water partition coefficient (Wildman–Crippen LogP) is 0.891. The van der Waals surface area contributed by atoms with Crippen molar-refractivity contribution >= 4 is 5.91 Å². The van der Waals surface area contributed by atoms with Gasteiger partial charge in [0.05, 0.1) is 25.8 Å². The highest BCUT2D eigenvalue weighted by molar-refractivity contribution is 5.79. The van der Waals surface area contributed by atoms with Gasteiger partial charge >= 0.3 is 0 Å². The van der Waals surface area contributed by atoms with E-state index >= 15 is 0 Å². The van der Waals surface area contributed by atoms with E-state index < -0.39 is 6.10 Å². The number of aliphatic hydroxyl groups is 1. The Hall–Kier alpha value is -1.59. The lowest BCUT2D eigenvalue weighted by molar-refractivity contribution is -0.133. The van der Waals surface area contributed by atoms with Crippen molar-refractivity contribution in [2.24, 2.45) is 0 Å². The molecule has 110 valence electrons. The SMILES string of the molecule is COc1cccc(C2CC(O)CN2C(=O)CN(C)C)c1. The molecule has 5 heteroatoms. The van der Waals surface area contributed by atoms with E-state index in [4.69, 9.17) is 4.74 Å². The number of likely N-dealkylation sites (tertiary alicyclic amines) is 1. The average Bonchev–Trinajstić information content (AvgIpc) is 2.80. The first kappa shape index (κ1) is 14.8. The Kier molecular flexibility index (Phi) is 4.62. The maximum atomic E-state index is 12.3. The van der Waals surface area contributed by atoms with Gasteiger partial charge in [0.15, 0.2) is 0 Å². The number of carbonyl (C=O) groups is 1. The molecular formula is C15H22N2O3. The van der Waals surface area contributed by atoms with E-state index in [1.807, 2.05) is 43.3 Å². The summed E-state index contributed by atoms with van der Waals surface area (Å²) in [6.07, 6.45) is 0.115. The van der Waals surface area contributed by atoms with Crippen molar-refractivity contribution in [3.05, 3.63) is 29.8 Å². The third kappa shape index (κ3) is 3.29. The molecule has 0 spiro atoms. The Bertz CT molecular complexity index is 476. The number of aliphatic hydroxyl groups excluding tert-OH is 1. The number of methoxy groups -OCH3 is 1. The fourth-order valence-corrected chi connectivity index (χ4v) is 2.62. The highest BCUT2D eigenvalue weighted by atomic mass is 16.5. The lowest BCUT2D eigenvalue weighted by Gasteiger charge is -2.26. The molecule has 0 aromatic heterocycles. The van der Waals surface area contributed by atoms with Crippen LogP contribution in [-0.2, 0) is 4.79 Å². The first-order valence-electron chi connectivity index (χ1n) is 6.77. The van der Waals surface area contributed by atoms with Crippen molar-refractivity contribution in [2.75, 3.05) is 34.3 Å². The summed E-state index contributed by atoms with van der Waals surface area (Å²) in [5, 5.41) is 9.90. The number of rotatable bonds is 4. The first-order chi connectivity index (χ1) is 9.51. The minimum absolute atomic E-state index is 0.0411. The van der Waals surface area contributed by atoms with Crippen LogP contribution in [0.15, 0.2) is 24.3 Å². The second-order valence-corrected chi connectivity index (χ2v) is 5.47. The van der Waals surface area contributed by atoms with Gasteiger partial charge in [0.25, 0.3) is 0 Å². The van der Waals surface area contributed by atoms with E-state index in [0.717, 1.165) is 11.3 Å². The van der Waals surface area contributed by atoms with Crippen molar-refractivity contribution in [1.29, 1.82) is 0 Å². The molecule has 5 nitrogen and oxygen atoms in total. The van der Waals surface area contributed by atoms with Crippen LogP contribution >= 0.6 is 0 Å². The molecule has 20 heavy (non-hydrogen) atoms. The topological polar surface area (TPSA) is 53.0 Å². The van der Waals surface area contributed by atoms with Crippen LogP contribution in [0.2, 0.25) is 0 Å². The average molecular weight is 278 g/mol. The van der Waals surface area contributed by atoms with Gasteiger partial charge in [0.2, 0.25) is 5.91 Å². The molecular weight excluding hydrogens is 256 g/mol. The molecule has 2 atom stereocenters. The summed E-state index contributed by atoms with van der Waals surface area (Å²) in [5.74, 6) is 0.809.